The minimum Gasteiger partial charge on any atom is -0.0619 e. The maximum atomic E-state index is 2.31. The van der Waals surface area contributed by atoms with Crippen LogP contribution < -0.4 is 0 Å². The van der Waals surface area contributed by atoms with Crippen molar-refractivity contribution in [1.29, 1.82) is 0 Å². The molecule has 0 unspecified atom stereocenters. The third kappa shape index (κ3) is 2.80. The van der Waals surface area contributed by atoms with Gasteiger partial charge in [0.05, 0.1) is 5.41 Å². The molecule has 0 bridgehead atoms. The first-order chi connectivity index (χ1) is 18.9. The Balaban J connectivity index is 0.000000145. The zero-order chi connectivity index (χ0) is 25.1. The largest absolute Gasteiger partial charge is 0.0725 e. The molecule has 0 aromatic heterocycles. The molecule has 0 aliphatic heterocycles. The van der Waals surface area contributed by atoms with E-state index in [0.717, 1.165) is 6.42 Å². The zero-order valence-corrected chi connectivity index (χ0v) is 21.1. The molecular formula is C38H26. The maximum Gasteiger partial charge on any atom is 0.0725 e. The zero-order valence-electron chi connectivity index (χ0n) is 21.1. The highest BCUT2D eigenvalue weighted by Gasteiger charge is 2.51. The van der Waals surface area contributed by atoms with Gasteiger partial charge in [0.15, 0.2) is 0 Å². The van der Waals surface area contributed by atoms with Gasteiger partial charge < -0.3 is 0 Å². The van der Waals surface area contributed by atoms with Gasteiger partial charge in [-0.3, -0.25) is 0 Å². The van der Waals surface area contributed by atoms with Crippen molar-refractivity contribution in [1.82, 2.24) is 0 Å². The average Bonchev–Trinajstić information content (AvgIpc) is 3.62. The molecule has 0 saturated heterocycles. The Morgan fingerprint density at radius 1 is 0.289 bits per heavy atom. The van der Waals surface area contributed by atoms with Crippen molar-refractivity contribution < 1.29 is 0 Å². The van der Waals surface area contributed by atoms with Crippen LogP contribution in [0.3, 0.4) is 0 Å². The molecule has 3 aliphatic rings. The van der Waals surface area contributed by atoms with E-state index in [1.54, 1.807) is 0 Å². The first-order valence-electron chi connectivity index (χ1n) is 13.4. The van der Waals surface area contributed by atoms with E-state index < -0.39 is 0 Å². The molecule has 0 saturated carbocycles. The fourth-order valence-electron chi connectivity index (χ4n) is 7.13. The van der Waals surface area contributed by atoms with Crippen LogP contribution in [0.4, 0.5) is 0 Å². The first-order valence-corrected chi connectivity index (χ1v) is 13.4. The SMILES string of the molecule is c1ccc2c(c1)-c1ccccc1C21c2ccccc2-c2ccccc21.c1ccc2c(c1)Cc1ccccc1-2. The summed E-state index contributed by atoms with van der Waals surface area (Å²) in [5.74, 6) is 0. The molecule has 0 atom stereocenters. The van der Waals surface area contributed by atoms with Gasteiger partial charge in [-0.25, -0.2) is 0 Å². The van der Waals surface area contributed by atoms with Crippen LogP contribution in [-0.4, -0.2) is 0 Å². The van der Waals surface area contributed by atoms with Crippen LogP contribution in [0.5, 0.6) is 0 Å². The molecule has 3 aliphatic carbocycles. The van der Waals surface area contributed by atoms with E-state index in [4.69, 9.17) is 0 Å². The van der Waals surface area contributed by atoms with Gasteiger partial charge >= 0.3 is 0 Å². The minimum atomic E-state index is -0.180. The standard InChI is InChI=1S/C25H16.C13H10/c1-5-13-21-17(9-1)18-10-2-6-14-22(18)25(21)23-15-7-3-11-19(23)20-12-4-8-16-24(20)25;1-3-7-12-10(5-1)9-11-6-2-4-8-13(11)12/h1-16H;1-8H,9H2. The highest BCUT2D eigenvalue weighted by molar-refractivity contribution is 5.94. The summed E-state index contributed by atoms with van der Waals surface area (Å²) < 4.78 is 0. The van der Waals surface area contributed by atoms with E-state index in [1.807, 2.05) is 0 Å². The third-order valence-electron chi connectivity index (χ3n) is 8.61. The lowest BCUT2D eigenvalue weighted by atomic mass is 9.70. The Hall–Kier alpha value is -4.68. The summed E-state index contributed by atoms with van der Waals surface area (Å²) in [7, 11) is 0. The quantitative estimate of drug-likeness (QED) is 0.202. The molecule has 0 fully saturated rings. The van der Waals surface area contributed by atoms with Gasteiger partial charge in [0.1, 0.15) is 0 Å². The van der Waals surface area contributed by atoms with Gasteiger partial charge in [-0.15, -0.1) is 0 Å². The van der Waals surface area contributed by atoms with Gasteiger partial charge in [0.25, 0.3) is 0 Å². The molecule has 178 valence electrons. The summed E-state index contributed by atoms with van der Waals surface area (Å²) in [5.41, 5.74) is 16.7. The van der Waals surface area contributed by atoms with Crippen LogP contribution in [0, 0.1) is 0 Å². The molecular weight excluding hydrogens is 456 g/mol. The predicted octanol–water partition coefficient (Wildman–Crippen LogP) is 9.29. The summed E-state index contributed by atoms with van der Waals surface area (Å²) >= 11 is 0. The van der Waals surface area contributed by atoms with E-state index in [1.165, 1.54) is 66.8 Å². The molecule has 0 heterocycles. The van der Waals surface area contributed by atoms with Crippen LogP contribution >= 0.6 is 0 Å². The normalized spacial score (nSPS) is 13.9. The number of benzene rings is 6. The molecule has 0 radical (unpaired) electrons. The Kier molecular flexibility index (Phi) is 4.60. The summed E-state index contributed by atoms with van der Waals surface area (Å²) in [6, 6.07) is 53.0. The van der Waals surface area contributed by atoms with E-state index >= 15 is 0 Å². The van der Waals surface area contributed by atoms with Gasteiger partial charge in [-0.1, -0.05) is 146 Å². The first kappa shape index (κ1) is 21.4. The summed E-state index contributed by atoms with van der Waals surface area (Å²) in [4.78, 5) is 0. The summed E-state index contributed by atoms with van der Waals surface area (Å²) in [5, 5.41) is 0. The fourth-order valence-corrected chi connectivity index (χ4v) is 7.13. The fraction of sp³-hybridized carbons (Fsp3) is 0.0526. The highest BCUT2D eigenvalue weighted by Crippen LogP contribution is 2.62. The van der Waals surface area contributed by atoms with Crippen LogP contribution in [0.2, 0.25) is 0 Å². The second-order valence-corrected chi connectivity index (χ2v) is 10.4. The van der Waals surface area contributed by atoms with Gasteiger partial charge in [0.2, 0.25) is 0 Å². The Morgan fingerprint density at radius 3 is 0.895 bits per heavy atom. The van der Waals surface area contributed by atoms with Crippen LogP contribution in [0.25, 0.3) is 33.4 Å². The molecule has 0 amide bonds. The molecule has 0 heteroatoms. The Labute approximate surface area is 223 Å². The lowest BCUT2D eigenvalue weighted by Gasteiger charge is -2.30. The smallest absolute Gasteiger partial charge is 0.0619 e. The topological polar surface area (TPSA) is 0 Å². The molecule has 6 aromatic rings. The van der Waals surface area contributed by atoms with Crippen molar-refractivity contribution >= 4 is 0 Å². The van der Waals surface area contributed by atoms with Gasteiger partial charge in [0, 0.05) is 0 Å². The monoisotopic (exact) mass is 482 g/mol. The molecule has 0 N–H and O–H groups in total. The van der Waals surface area contributed by atoms with E-state index in [0.29, 0.717) is 0 Å². The second kappa shape index (κ2) is 8.16. The second-order valence-electron chi connectivity index (χ2n) is 10.4. The minimum absolute atomic E-state index is 0.180. The van der Waals surface area contributed by atoms with Crippen molar-refractivity contribution in [2.75, 3.05) is 0 Å². The van der Waals surface area contributed by atoms with Crippen molar-refractivity contribution in [3.8, 4) is 33.4 Å². The summed E-state index contributed by atoms with van der Waals surface area (Å²) in [6.07, 6.45) is 1.10. The number of hydrogen-bond acceptors (Lipinski definition) is 0. The van der Waals surface area contributed by atoms with E-state index in [9.17, 15) is 0 Å². The van der Waals surface area contributed by atoms with Crippen molar-refractivity contribution in [2.24, 2.45) is 0 Å². The van der Waals surface area contributed by atoms with Crippen LogP contribution in [0.15, 0.2) is 146 Å². The average molecular weight is 483 g/mol. The number of fused-ring (bicyclic) bond motifs is 13. The maximum absolute atomic E-state index is 2.31. The van der Waals surface area contributed by atoms with E-state index in [2.05, 4.69) is 146 Å². The number of hydrogen-bond donors (Lipinski definition) is 0. The third-order valence-corrected chi connectivity index (χ3v) is 8.61. The van der Waals surface area contributed by atoms with Gasteiger partial charge in [-0.2, -0.15) is 0 Å². The van der Waals surface area contributed by atoms with Gasteiger partial charge in [-0.05, 0) is 73.2 Å². The lowest BCUT2D eigenvalue weighted by molar-refractivity contribution is 0.794. The molecule has 1 spiro atoms. The molecule has 6 aromatic carbocycles. The molecule has 38 heavy (non-hydrogen) atoms. The Morgan fingerprint density at radius 2 is 0.553 bits per heavy atom. The predicted molar refractivity (Wildman–Crippen MR) is 157 cm³/mol. The van der Waals surface area contributed by atoms with Crippen molar-refractivity contribution in [3.63, 3.8) is 0 Å². The lowest BCUT2D eigenvalue weighted by Crippen LogP contribution is -2.25. The highest BCUT2D eigenvalue weighted by atomic mass is 14.5. The Bertz CT molecular complexity index is 1620. The van der Waals surface area contributed by atoms with E-state index in [-0.39, 0.29) is 5.41 Å². The van der Waals surface area contributed by atoms with Crippen molar-refractivity contribution in [3.05, 3.63) is 179 Å². The molecule has 9 rings (SSSR count). The summed E-state index contributed by atoms with van der Waals surface area (Å²) in [6.45, 7) is 0. The van der Waals surface area contributed by atoms with Crippen LogP contribution in [-0.2, 0) is 11.8 Å². The van der Waals surface area contributed by atoms with Crippen LogP contribution in [0.1, 0.15) is 33.4 Å². The number of rotatable bonds is 0. The molecule has 0 nitrogen and oxygen atoms in total. The van der Waals surface area contributed by atoms with Crippen molar-refractivity contribution in [2.45, 2.75) is 11.8 Å².